The first-order chi connectivity index (χ1) is 11.4. The third-order valence-corrected chi connectivity index (χ3v) is 4.79. The standard InChI is InChI=1S/C18H37N5O/c1-6-15-10-8-9-12-23(15)13-11-21-17(19-5)22-14-18(3,4)16(24)20-7-2/h15H,6-14H2,1-5H3,(H,20,24)(H2,19,21,22). The average Bonchev–Trinajstić information content (AvgIpc) is 2.58. The molecule has 0 bridgehead atoms. The van der Waals surface area contributed by atoms with Gasteiger partial charge in [-0.05, 0) is 46.6 Å². The second-order valence-electron chi connectivity index (χ2n) is 7.19. The molecule has 3 N–H and O–H groups in total. The Bertz CT molecular complexity index is 408. The molecule has 0 aromatic rings. The molecule has 1 rings (SSSR count). The summed E-state index contributed by atoms with van der Waals surface area (Å²) < 4.78 is 0. The van der Waals surface area contributed by atoms with Crippen LogP contribution in [0.2, 0.25) is 0 Å². The van der Waals surface area contributed by atoms with Gasteiger partial charge in [-0.25, -0.2) is 0 Å². The summed E-state index contributed by atoms with van der Waals surface area (Å²) in [7, 11) is 1.77. The lowest BCUT2D eigenvalue weighted by Gasteiger charge is -2.35. The number of aliphatic imine (C=N–C) groups is 1. The van der Waals surface area contributed by atoms with Crippen LogP contribution in [0.1, 0.15) is 53.4 Å². The summed E-state index contributed by atoms with van der Waals surface area (Å²) in [5.41, 5.74) is -0.464. The number of amides is 1. The molecule has 140 valence electrons. The van der Waals surface area contributed by atoms with E-state index >= 15 is 0 Å². The van der Waals surface area contributed by atoms with Gasteiger partial charge in [0.1, 0.15) is 0 Å². The van der Waals surface area contributed by atoms with Crippen LogP contribution < -0.4 is 16.0 Å². The maximum Gasteiger partial charge on any atom is 0.227 e. The van der Waals surface area contributed by atoms with E-state index in [4.69, 9.17) is 0 Å². The smallest absolute Gasteiger partial charge is 0.227 e. The molecule has 0 aromatic carbocycles. The molecule has 1 unspecified atom stereocenters. The van der Waals surface area contributed by atoms with Crippen LogP contribution in [0.4, 0.5) is 0 Å². The highest BCUT2D eigenvalue weighted by atomic mass is 16.2. The Morgan fingerprint density at radius 1 is 1.21 bits per heavy atom. The second kappa shape index (κ2) is 10.5. The van der Waals surface area contributed by atoms with E-state index in [0.29, 0.717) is 13.1 Å². The van der Waals surface area contributed by atoms with E-state index in [2.05, 4.69) is 32.8 Å². The van der Waals surface area contributed by atoms with Gasteiger partial charge in [0.15, 0.2) is 5.96 Å². The van der Waals surface area contributed by atoms with E-state index < -0.39 is 5.41 Å². The summed E-state index contributed by atoms with van der Waals surface area (Å²) in [6.45, 7) is 12.4. The van der Waals surface area contributed by atoms with Crippen LogP contribution in [0.15, 0.2) is 4.99 Å². The second-order valence-corrected chi connectivity index (χ2v) is 7.19. The van der Waals surface area contributed by atoms with Crippen molar-refractivity contribution >= 4 is 11.9 Å². The predicted octanol–water partition coefficient (Wildman–Crippen LogP) is 1.58. The van der Waals surface area contributed by atoms with Crippen molar-refractivity contribution in [1.82, 2.24) is 20.9 Å². The molecule has 1 heterocycles. The van der Waals surface area contributed by atoms with Gasteiger partial charge in [-0.1, -0.05) is 13.3 Å². The number of rotatable bonds is 8. The van der Waals surface area contributed by atoms with E-state index in [0.717, 1.165) is 25.1 Å². The van der Waals surface area contributed by atoms with Gasteiger partial charge in [0.2, 0.25) is 5.91 Å². The maximum absolute atomic E-state index is 12.0. The van der Waals surface area contributed by atoms with Crippen molar-refractivity contribution < 1.29 is 4.79 Å². The van der Waals surface area contributed by atoms with E-state index in [1.165, 1.54) is 32.2 Å². The average molecular weight is 340 g/mol. The van der Waals surface area contributed by atoms with Crippen molar-refractivity contribution in [3.63, 3.8) is 0 Å². The number of hydrogen-bond donors (Lipinski definition) is 3. The summed E-state index contributed by atoms with van der Waals surface area (Å²) in [5.74, 6) is 0.824. The van der Waals surface area contributed by atoms with Gasteiger partial charge in [0, 0.05) is 39.3 Å². The van der Waals surface area contributed by atoms with Crippen molar-refractivity contribution in [3.05, 3.63) is 0 Å². The van der Waals surface area contributed by atoms with Gasteiger partial charge in [0.25, 0.3) is 0 Å². The molecule has 0 spiro atoms. The number of piperidine rings is 1. The zero-order chi connectivity index (χ0) is 18.0. The molecular formula is C18H37N5O. The number of nitrogens with zero attached hydrogens (tertiary/aromatic N) is 2. The Labute approximate surface area is 147 Å². The van der Waals surface area contributed by atoms with Gasteiger partial charge in [-0.3, -0.25) is 14.7 Å². The van der Waals surface area contributed by atoms with Crippen molar-refractivity contribution in [2.45, 2.75) is 59.4 Å². The number of guanidine groups is 1. The highest BCUT2D eigenvalue weighted by Gasteiger charge is 2.27. The zero-order valence-corrected chi connectivity index (χ0v) is 16.2. The molecule has 0 radical (unpaired) electrons. The van der Waals surface area contributed by atoms with Crippen LogP contribution >= 0.6 is 0 Å². The first kappa shape index (κ1) is 20.7. The van der Waals surface area contributed by atoms with Gasteiger partial charge in [-0.15, -0.1) is 0 Å². The summed E-state index contributed by atoms with van der Waals surface area (Å²) >= 11 is 0. The molecule has 0 saturated carbocycles. The van der Waals surface area contributed by atoms with Crippen molar-refractivity contribution in [2.24, 2.45) is 10.4 Å². The van der Waals surface area contributed by atoms with E-state index in [1.54, 1.807) is 7.05 Å². The molecule has 1 fully saturated rings. The lowest BCUT2D eigenvalue weighted by atomic mass is 9.92. The number of nitrogens with one attached hydrogen (secondary N) is 3. The van der Waals surface area contributed by atoms with Gasteiger partial charge < -0.3 is 16.0 Å². The molecule has 1 atom stereocenters. The minimum Gasteiger partial charge on any atom is -0.356 e. The molecule has 0 aliphatic carbocycles. The van der Waals surface area contributed by atoms with Crippen LogP contribution in [0.5, 0.6) is 0 Å². The molecule has 1 aliphatic rings. The molecule has 1 aliphatic heterocycles. The topological polar surface area (TPSA) is 68.8 Å². The highest BCUT2D eigenvalue weighted by molar-refractivity contribution is 5.84. The van der Waals surface area contributed by atoms with Crippen molar-refractivity contribution in [2.75, 3.05) is 39.8 Å². The Balaban J connectivity index is 2.36. The quantitative estimate of drug-likeness (QED) is 0.464. The number of carbonyl (C=O) groups is 1. The van der Waals surface area contributed by atoms with Crippen molar-refractivity contribution in [3.8, 4) is 0 Å². The molecule has 6 nitrogen and oxygen atoms in total. The SMILES string of the molecule is CCNC(=O)C(C)(C)CNC(=NC)NCCN1CCCCC1CC. The maximum atomic E-state index is 12.0. The van der Waals surface area contributed by atoms with Crippen LogP contribution in [0.25, 0.3) is 0 Å². The number of carbonyl (C=O) groups excluding carboxylic acids is 1. The fourth-order valence-electron chi connectivity index (χ4n) is 3.14. The highest BCUT2D eigenvalue weighted by Crippen LogP contribution is 2.18. The summed E-state index contributed by atoms with van der Waals surface area (Å²) in [6, 6.07) is 0.729. The molecule has 0 aromatic heterocycles. The van der Waals surface area contributed by atoms with E-state index in [1.807, 2.05) is 20.8 Å². The minimum atomic E-state index is -0.464. The Morgan fingerprint density at radius 2 is 1.96 bits per heavy atom. The monoisotopic (exact) mass is 339 g/mol. The fourth-order valence-corrected chi connectivity index (χ4v) is 3.14. The normalized spacial score (nSPS) is 19.9. The Kier molecular flexibility index (Phi) is 9.11. The molecular weight excluding hydrogens is 302 g/mol. The molecule has 1 amide bonds. The lowest BCUT2D eigenvalue weighted by Crippen LogP contribution is -2.49. The minimum absolute atomic E-state index is 0.0621. The van der Waals surface area contributed by atoms with Crippen molar-refractivity contribution in [1.29, 1.82) is 0 Å². The Hall–Kier alpha value is -1.30. The third-order valence-electron chi connectivity index (χ3n) is 4.79. The summed E-state index contributed by atoms with van der Waals surface area (Å²) in [4.78, 5) is 18.9. The first-order valence-electron chi connectivity index (χ1n) is 9.41. The zero-order valence-electron chi connectivity index (χ0n) is 16.2. The largest absolute Gasteiger partial charge is 0.356 e. The molecule has 24 heavy (non-hydrogen) atoms. The number of hydrogen-bond acceptors (Lipinski definition) is 3. The summed E-state index contributed by atoms with van der Waals surface area (Å²) in [5, 5.41) is 9.52. The summed E-state index contributed by atoms with van der Waals surface area (Å²) in [6.07, 6.45) is 5.22. The van der Waals surface area contributed by atoms with Gasteiger partial charge in [-0.2, -0.15) is 0 Å². The van der Waals surface area contributed by atoms with E-state index in [9.17, 15) is 4.79 Å². The third kappa shape index (κ3) is 6.67. The predicted molar refractivity (Wildman–Crippen MR) is 101 cm³/mol. The number of likely N-dealkylation sites (tertiary alicyclic amines) is 1. The van der Waals surface area contributed by atoms with Crippen LogP contribution in [0.3, 0.4) is 0 Å². The van der Waals surface area contributed by atoms with Crippen LogP contribution in [0, 0.1) is 5.41 Å². The van der Waals surface area contributed by atoms with Crippen LogP contribution in [-0.2, 0) is 4.79 Å². The molecule has 6 heteroatoms. The fraction of sp³-hybridized carbons (Fsp3) is 0.889. The van der Waals surface area contributed by atoms with Gasteiger partial charge in [0.05, 0.1) is 5.41 Å². The molecule has 1 saturated heterocycles. The van der Waals surface area contributed by atoms with Gasteiger partial charge >= 0.3 is 0 Å². The van der Waals surface area contributed by atoms with Crippen LogP contribution in [-0.4, -0.2) is 62.6 Å². The first-order valence-corrected chi connectivity index (χ1v) is 9.41. The Morgan fingerprint density at radius 3 is 2.58 bits per heavy atom. The lowest BCUT2D eigenvalue weighted by molar-refractivity contribution is -0.128. The van der Waals surface area contributed by atoms with E-state index in [-0.39, 0.29) is 5.91 Å².